The van der Waals surface area contributed by atoms with Crippen LogP contribution in [0.2, 0.25) is 0 Å². The number of amides is 2. The van der Waals surface area contributed by atoms with Gasteiger partial charge < -0.3 is 26.0 Å². The molecule has 0 spiro atoms. The van der Waals surface area contributed by atoms with Crippen molar-refractivity contribution in [3.8, 4) is 0 Å². The van der Waals surface area contributed by atoms with E-state index in [9.17, 15) is 9.59 Å². The van der Waals surface area contributed by atoms with Crippen LogP contribution in [0.5, 0.6) is 0 Å². The summed E-state index contributed by atoms with van der Waals surface area (Å²) in [6.45, 7) is 9.85. The van der Waals surface area contributed by atoms with Crippen molar-refractivity contribution < 1.29 is 14.3 Å². The summed E-state index contributed by atoms with van der Waals surface area (Å²) in [5, 5.41) is 6.29. The number of halogens is 1. The van der Waals surface area contributed by atoms with Crippen LogP contribution >= 0.6 is 24.0 Å². The molecule has 2 amide bonds. The highest BCUT2D eigenvalue weighted by Crippen LogP contribution is 2.19. The second kappa shape index (κ2) is 13.1. The quantitative estimate of drug-likeness (QED) is 0.277. The average Bonchev–Trinajstić information content (AvgIpc) is 2.53. The summed E-state index contributed by atoms with van der Waals surface area (Å²) in [7, 11) is 1.75. The van der Waals surface area contributed by atoms with E-state index in [2.05, 4.69) is 27.4 Å². The lowest BCUT2D eigenvalue weighted by Crippen LogP contribution is -2.51. The molecule has 2 unspecified atom stereocenters. The third kappa shape index (κ3) is 10.9. The first-order valence-corrected chi connectivity index (χ1v) is 9.88. The molecule has 1 heterocycles. The highest BCUT2D eigenvalue weighted by molar-refractivity contribution is 14.0. The number of nitrogens with zero attached hydrogens (tertiary/aromatic N) is 2. The molecule has 0 aromatic heterocycles. The van der Waals surface area contributed by atoms with Crippen molar-refractivity contribution in [1.82, 2.24) is 15.5 Å². The third-order valence-electron chi connectivity index (χ3n) is 4.38. The van der Waals surface area contributed by atoms with Crippen LogP contribution in [0.25, 0.3) is 0 Å². The Morgan fingerprint density at radius 3 is 2.57 bits per heavy atom. The average molecular weight is 511 g/mol. The van der Waals surface area contributed by atoms with Gasteiger partial charge in [0.15, 0.2) is 5.96 Å². The number of carbonyl (C=O) groups is 2. The molecule has 1 rings (SSSR count). The van der Waals surface area contributed by atoms with E-state index in [0.717, 1.165) is 44.7 Å². The summed E-state index contributed by atoms with van der Waals surface area (Å²) in [6.07, 6.45) is 3.81. The number of aliphatic imine (C=N–C) groups is 1. The molecule has 9 heteroatoms. The predicted molar refractivity (Wildman–Crippen MR) is 123 cm³/mol. The molecule has 2 atom stereocenters. The fourth-order valence-corrected chi connectivity index (χ4v) is 3.30. The van der Waals surface area contributed by atoms with Crippen LogP contribution in [0.3, 0.4) is 0 Å². The Bertz CT molecular complexity index is 522. The molecule has 0 bridgehead atoms. The van der Waals surface area contributed by atoms with E-state index < -0.39 is 11.7 Å². The molecule has 0 saturated carbocycles. The van der Waals surface area contributed by atoms with Crippen LogP contribution in [-0.2, 0) is 9.53 Å². The Labute approximate surface area is 186 Å². The highest BCUT2D eigenvalue weighted by atomic mass is 127. The summed E-state index contributed by atoms with van der Waals surface area (Å²) in [4.78, 5) is 29.8. The van der Waals surface area contributed by atoms with Crippen molar-refractivity contribution in [1.29, 1.82) is 0 Å². The van der Waals surface area contributed by atoms with Crippen LogP contribution < -0.4 is 16.4 Å². The van der Waals surface area contributed by atoms with Crippen molar-refractivity contribution in [3.05, 3.63) is 0 Å². The first-order chi connectivity index (χ1) is 12.6. The summed E-state index contributed by atoms with van der Waals surface area (Å²) in [5.41, 5.74) is 4.82. The molecular formula is C19H38IN5O3. The normalized spacial score (nSPS) is 18.7. The zero-order chi connectivity index (χ0) is 20.4. The number of primary amides is 1. The summed E-state index contributed by atoms with van der Waals surface area (Å²) >= 11 is 0. The van der Waals surface area contributed by atoms with Gasteiger partial charge in [-0.15, -0.1) is 24.0 Å². The molecule has 0 radical (unpaired) electrons. The largest absolute Gasteiger partial charge is 0.444 e. The zero-order valence-electron chi connectivity index (χ0n) is 17.9. The second-order valence-corrected chi connectivity index (χ2v) is 8.18. The van der Waals surface area contributed by atoms with E-state index in [4.69, 9.17) is 10.5 Å². The molecule has 4 N–H and O–H groups in total. The maximum absolute atomic E-state index is 12.1. The standard InChI is InChI=1S/C19H37N5O3.HI/c1-6-8-15(23-18(26)27-19(2,3)4)12-22-17(21-5)24-10-7-9-14(13-24)11-16(20)25;/h14-15H,6-13H2,1-5H3,(H2,20,25)(H,21,22)(H,23,26);1H. The minimum Gasteiger partial charge on any atom is -0.444 e. The van der Waals surface area contributed by atoms with Crippen molar-refractivity contribution in [3.63, 3.8) is 0 Å². The number of alkyl carbamates (subject to hydrolysis) is 1. The van der Waals surface area contributed by atoms with E-state index in [1.165, 1.54) is 0 Å². The Kier molecular flexibility index (Phi) is 12.5. The van der Waals surface area contributed by atoms with Crippen molar-refractivity contribution >= 4 is 41.9 Å². The SMILES string of the molecule is CCCC(CNC(=NC)N1CCCC(CC(N)=O)C1)NC(=O)OC(C)(C)C.I. The molecule has 28 heavy (non-hydrogen) atoms. The van der Waals surface area contributed by atoms with Crippen LogP contribution in [0.15, 0.2) is 4.99 Å². The summed E-state index contributed by atoms with van der Waals surface area (Å²) < 4.78 is 5.35. The van der Waals surface area contributed by atoms with Crippen LogP contribution in [0, 0.1) is 5.92 Å². The van der Waals surface area contributed by atoms with E-state index in [1.807, 2.05) is 20.8 Å². The molecule has 0 aliphatic carbocycles. The molecule has 1 aliphatic heterocycles. The van der Waals surface area contributed by atoms with Crippen molar-refractivity contribution in [2.24, 2.45) is 16.6 Å². The number of nitrogens with two attached hydrogens (primary N) is 1. The van der Waals surface area contributed by atoms with Crippen LogP contribution in [-0.4, -0.2) is 61.2 Å². The van der Waals surface area contributed by atoms with E-state index in [1.54, 1.807) is 7.05 Å². The fourth-order valence-electron chi connectivity index (χ4n) is 3.30. The first-order valence-electron chi connectivity index (χ1n) is 9.88. The molecular weight excluding hydrogens is 473 g/mol. The maximum atomic E-state index is 12.1. The van der Waals surface area contributed by atoms with Gasteiger partial charge in [0.05, 0.1) is 0 Å². The topological polar surface area (TPSA) is 109 Å². The Morgan fingerprint density at radius 1 is 1.36 bits per heavy atom. The lowest BCUT2D eigenvalue weighted by atomic mass is 9.95. The van der Waals surface area contributed by atoms with Gasteiger partial charge in [-0.05, 0) is 46.0 Å². The van der Waals surface area contributed by atoms with Gasteiger partial charge in [0.2, 0.25) is 5.91 Å². The van der Waals surface area contributed by atoms with Crippen LogP contribution in [0.1, 0.15) is 59.8 Å². The number of rotatable bonds is 7. The Hall–Kier alpha value is -1.26. The predicted octanol–water partition coefficient (Wildman–Crippen LogP) is 2.46. The molecule has 1 aliphatic rings. The minimum absolute atomic E-state index is 0. The lowest BCUT2D eigenvalue weighted by Gasteiger charge is -2.35. The lowest BCUT2D eigenvalue weighted by molar-refractivity contribution is -0.119. The van der Waals surface area contributed by atoms with Gasteiger partial charge in [-0.1, -0.05) is 13.3 Å². The fraction of sp³-hybridized carbons (Fsp3) is 0.842. The summed E-state index contributed by atoms with van der Waals surface area (Å²) in [6, 6.07) is -0.0483. The van der Waals surface area contributed by atoms with Gasteiger partial charge in [-0.2, -0.15) is 0 Å². The van der Waals surface area contributed by atoms with Gasteiger partial charge >= 0.3 is 6.09 Å². The second-order valence-electron chi connectivity index (χ2n) is 8.18. The molecule has 8 nitrogen and oxygen atoms in total. The van der Waals surface area contributed by atoms with Gasteiger partial charge in [-0.3, -0.25) is 9.79 Å². The minimum atomic E-state index is -0.520. The number of carbonyl (C=O) groups excluding carboxylic acids is 2. The number of guanidine groups is 1. The number of likely N-dealkylation sites (tertiary alicyclic amines) is 1. The number of hydrogen-bond acceptors (Lipinski definition) is 4. The number of ether oxygens (including phenoxy) is 1. The smallest absolute Gasteiger partial charge is 0.407 e. The zero-order valence-corrected chi connectivity index (χ0v) is 20.2. The number of piperidine rings is 1. The third-order valence-corrected chi connectivity index (χ3v) is 4.38. The molecule has 164 valence electrons. The molecule has 1 saturated heterocycles. The van der Waals surface area contributed by atoms with Gasteiger partial charge in [0.1, 0.15) is 5.60 Å². The number of nitrogens with one attached hydrogen (secondary N) is 2. The van der Waals surface area contributed by atoms with Crippen molar-refractivity contribution in [2.45, 2.75) is 71.4 Å². The molecule has 0 aromatic carbocycles. The van der Waals surface area contributed by atoms with Crippen LogP contribution in [0.4, 0.5) is 4.79 Å². The van der Waals surface area contributed by atoms with E-state index in [-0.39, 0.29) is 41.8 Å². The van der Waals surface area contributed by atoms with Gasteiger partial charge in [-0.25, -0.2) is 4.79 Å². The monoisotopic (exact) mass is 511 g/mol. The van der Waals surface area contributed by atoms with Crippen molar-refractivity contribution in [2.75, 3.05) is 26.7 Å². The van der Waals surface area contributed by atoms with Gasteiger partial charge in [0, 0.05) is 39.1 Å². The maximum Gasteiger partial charge on any atom is 0.407 e. The van der Waals surface area contributed by atoms with E-state index in [0.29, 0.717) is 13.0 Å². The number of hydrogen-bond donors (Lipinski definition) is 3. The molecule has 0 aromatic rings. The summed E-state index contributed by atoms with van der Waals surface area (Å²) in [5.74, 6) is 0.798. The first kappa shape index (κ1) is 26.7. The van der Waals surface area contributed by atoms with E-state index >= 15 is 0 Å². The highest BCUT2D eigenvalue weighted by Gasteiger charge is 2.24. The Balaban J connectivity index is 0.00000729. The van der Waals surface area contributed by atoms with Gasteiger partial charge in [0.25, 0.3) is 0 Å². The molecule has 1 fully saturated rings. The Morgan fingerprint density at radius 2 is 2.04 bits per heavy atom.